The third kappa shape index (κ3) is 3.31. The van der Waals surface area contributed by atoms with E-state index in [-0.39, 0.29) is 10.7 Å². The summed E-state index contributed by atoms with van der Waals surface area (Å²) >= 11 is 0. The molecule has 0 fully saturated rings. The molecule has 0 aliphatic carbocycles. The van der Waals surface area contributed by atoms with E-state index in [1.807, 2.05) is 0 Å². The number of benzene rings is 1. The van der Waals surface area contributed by atoms with Crippen LogP contribution in [-0.2, 0) is 9.84 Å². The van der Waals surface area contributed by atoms with Crippen LogP contribution in [0.3, 0.4) is 0 Å². The molecule has 0 atom stereocenters. The average molecular weight is 238 g/mol. The maximum Gasteiger partial charge on any atom is 0.175 e. The summed E-state index contributed by atoms with van der Waals surface area (Å²) in [6.07, 6.45) is 3.75. The van der Waals surface area contributed by atoms with Gasteiger partial charge in [0.05, 0.1) is 4.90 Å². The van der Waals surface area contributed by atoms with E-state index >= 15 is 0 Å². The topological polar surface area (TPSA) is 51.2 Å². The minimum atomic E-state index is -3.25. The summed E-state index contributed by atoms with van der Waals surface area (Å²) in [4.78, 5) is 11.8. The van der Waals surface area contributed by atoms with Crippen molar-refractivity contribution in [3.05, 3.63) is 42.5 Å². The van der Waals surface area contributed by atoms with Crippen molar-refractivity contribution in [3.63, 3.8) is 0 Å². The molecule has 0 aliphatic rings. The Hall–Kier alpha value is -1.42. The molecule has 0 amide bonds. The van der Waals surface area contributed by atoms with Crippen LogP contribution in [0.5, 0.6) is 0 Å². The summed E-state index contributed by atoms with van der Waals surface area (Å²) in [6.45, 7) is 3.54. The summed E-state index contributed by atoms with van der Waals surface area (Å²) in [6, 6.07) is 6.11. The molecule has 16 heavy (non-hydrogen) atoms. The van der Waals surface area contributed by atoms with Crippen LogP contribution in [0.15, 0.2) is 41.8 Å². The first-order chi connectivity index (χ1) is 7.45. The molecule has 0 bridgehead atoms. The van der Waals surface area contributed by atoms with Gasteiger partial charge in [0.1, 0.15) is 0 Å². The van der Waals surface area contributed by atoms with Crippen LogP contribution in [0.2, 0.25) is 0 Å². The fourth-order valence-electron chi connectivity index (χ4n) is 1.28. The summed E-state index contributed by atoms with van der Waals surface area (Å²) in [5.74, 6) is -0.0644. The van der Waals surface area contributed by atoms with E-state index in [4.69, 9.17) is 0 Å². The Bertz CT molecular complexity index is 501. The Balaban J connectivity index is 2.99. The lowest BCUT2D eigenvalue weighted by Gasteiger charge is -2.02. The van der Waals surface area contributed by atoms with Crippen LogP contribution in [-0.4, -0.2) is 20.5 Å². The second-order valence-electron chi connectivity index (χ2n) is 3.55. The van der Waals surface area contributed by atoms with Crippen molar-refractivity contribution in [2.75, 3.05) is 6.26 Å². The number of hydrogen-bond donors (Lipinski definition) is 0. The molecule has 1 aromatic carbocycles. The first kappa shape index (κ1) is 12.6. The van der Waals surface area contributed by atoms with Crippen molar-refractivity contribution in [2.24, 2.45) is 0 Å². The highest BCUT2D eigenvalue weighted by Gasteiger charge is 2.10. The summed E-state index contributed by atoms with van der Waals surface area (Å²) < 4.78 is 22.6. The molecular formula is C12H14O3S. The van der Waals surface area contributed by atoms with Gasteiger partial charge in [-0.2, -0.15) is 0 Å². The lowest BCUT2D eigenvalue weighted by atomic mass is 10.1. The average Bonchev–Trinajstić information content (AvgIpc) is 2.25. The quantitative estimate of drug-likeness (QED) is 0.584. The molecule has 0 saturated heterocycles. The maximum atomic E-state index is 11.6. The summed E-state index contributed by atoms with van der Waals surface area (Å²) in [5.41, 5.74) is 0.435. The minimum absolute atomic E-state index is 0.0644. The fraction of sp³-hybridized carbons (Fsp3) is 0.250. The van der Waals surface area contributed by atoms with Crippen LogP contribution in [0.4, 0.5) is 0 Å². The maximum absolute atomic E-state index is 11.6. The molecule has 0 spiro atoms. The number of allylic oxidation sites excluding steroid dienone is 1. The molecule has 0 aromatic heterocycles. The van der Waals surface area contributed by atoms with Gasteiger partial charge in [0.25, 0.3) is 0 Å². The van der Waals surface area contributed by atoms with Crippen molar-refractivity contribution in [3.8, 4) is 0 Å². The minimum Gasteiger partial charge on any atom is -0.294 e. The van der Waals surface area contributed by atoms with Crippen molar-refractivity contribution < 1.29 is 13.2 Å². The van der Waals surface area contributed by atoms with Gasteiger partial charge in [0.2, 0.25) is 0 Å². The van der Waals surface area contributed by atoms with E-state index in [2.05, 4.69) is 6.58 Å². The first-order valence-corrected chi connectivity index (χ1v) is 6.78. The molecule has 0 aliphatic heterocycles. The lowest BCUT2D eigenvalue weighted by Crippen LogP contribution is -2.02. The van der Waals surface area contributed by atoms with Gasteiger partial charge >= 0.3 is 0 Å². The first-order valence-electron chi connectivity index (χ1n) is 4.89. The van der Waals surface area contributed by atoms with Gasteiger partial charge < -0.3 is 0 Å². The number of ketones is 1. The molecule has 0 radical (unpaired) electrons. The zero-order chi connectivity index (χ0) is 12.2. The van der Waals surface area contributed by atoms with E-state index in [1.54, 1.807) is 18.2 Å². The van der Waals surface area contributed by atoms with E-state index in [9.17, 15) is 13.2 Å². The number of sulfone groups is 1. The van der Waals surface area contributed by atoms with Gasteiger partial charge in [0.15, 0.2) is 15.6 Å². The van der Waals surface area contributed by atoms with Crippen LogP contribution < -0.4 is 0 Å². The van der Waals surface area contributed by atoms with Crippen LogP contribution in [0, 0.1) is 0 Å². The van der Waals surface area contributed by atoms with Gasteiger partial charge in [-0.25, -0.2) is 8.42 Å². The van der Waals surface area contributed by atoms with E-state index in [0.717, 1.165) is 6.26 Å². The van der Waals surface area contributed by atoms with E-state index < -0.39 is 9.84 Å². The molecule has 0 N–H and O–H groups in total. The number of Topliss-reactive ketones (excluding diaryl/α,β-unsaturated/α-hetero) is 1. The lowest BCUT2D eigenvalue weighted by molar-refractivity contribution is 0.0983. The van der Waals surface area contributed by atoms with Gasteiger partial charge in [-0.15, -0.1) is 6.58 Å². The highest BCUT2D eigenvalue weighted by atomic mass is 32.2. The Morgan fingerprint density at radius 1 is 1.44 bits per heavy atom. The highest BCUT2D eigenvalue weighted by Crippen LogP contribution is 2.13. The van der Waals surface area contributed by atoms with Crippen molar-refractivity contribution >= 4 is 15.6 Å². The van der Waals surface area contributed by atoms with Gasteiger partial charge in [0, 0.05) is 18.2 Å². The van der Waals surface area contributed by atoms with Crippen molar-refractivity contribution in [1.82, 2.24) is 0 Å². The van der Waals surface area contributed by atoms with Crippen LogP contribution in [0.1, 0.15) is 23.2 Å². The smallest absolute Gasteiger partial charge is 0.175 e. The summed E-state index contributed by atoms with van der Waals surface area (Å²) in [7, 11) is -3.25. The van der Waals surface area contributed by atoms with Crippen molar-refractivity contribution in [1.29, 1.82) is 0 Å². The van der Waals surface area contributed by atoms with Gasteiger partial charge in [-0.05, 0) is 18.6 Å². The monoisotopic (exact) mass is 238 g/mol. The third-order valence-electron chi connectivity index (χ3n) is 2.16. The fourth-order valence-corrected chi connectivity index (χ4v) is 1.94. The second kappa shape index (κ2) is 5.07. The zero-order valence-electron chi connectivity index (χ0n) is 9.14. The number of carbonyl (C=O) groups excluding carboxylic acids is 1. The molecule has 0 saturated carbocycles. The highest BCUT2D eigenvalue weighted by molar-refractivity contribution is 7.90. The van der Waals surface area contributed by atoms with Gasteiger partial charge in [-0.3, -0.25) is 4.79 Å². The van der Waals surface area contributed by atoms with E-state index in [1.165, 1.54) is 12.1 Å². The standard InChI is InChI=1S/C12H14O3S/c1-3-4-8-12(13)10-6-5-7-11(9-10)16(2,14)15/h3,5-7,9H,1,4,8H2,2H3. The molecule has 0 heterocycles. The SMILES string of the molecule is C=CCCC(=O)c1cccc(S(C)(=O)=O)c1. The largest absolute Gasteiger partial charge is 0.294 e. The summed E-state index contributed by atoms with van der Waals surface area (Å²) in [5, 5.41) is 0. The molecule has 1 rings (SSSR count). The Labute approximate surface area is 95.7 Å². The Morgan fingerprint density at radius 2 is 2.12 bits per heavy atom. The Kier molecular flexibility index (Phi) is 4.01. The molecule has 3 nitrogen and oxygen atoms in total. The molecule has 86 valence electrons. The van der Waals surface area contributed by atoms with E-state index in [0.29, 0.717) is 18.4 Å². The third-order valence-corrected chi connectivity index (χ3v) is 3.27. The van der Waals surface area contributed by atoms with Gasteiger partial charge in [-0.1, -0.05) is 18.2 Å². The molecule has 4 heteroatoms. The predicted octanol–water partition coefficient (Wildman–Crippen LogP) is 2.24. The zero-order valence-corrected chi connectivity index (χ0v) is 9.96. The van der Waals surface area contributed by atoms with Crippen LogP contribution in [0.25, 0.3) is 0 Å². The van der Waals surface area contributed by atoms with Crippen LogP contribution >= 0.6 is 0 Å². The predicted molar refractivity (Wildman–Crippen MR) is 63.3 cm³/mol. The Morgan fingerprint density at radius 3 is 2.69 bits per heavy atom. The molecule has 0 unspecified atom stereocenters. The normalized spacial score (nSPS) is 11.1. The number of rotatable bonds is 5. The molecule has 1 aromatic rings. The second-order valence-corrected chi connectivity index (χ2v) is 5.57. The molecular weight excluding hydrogens is 224 g/mol. The number of carbonyl (C=O) groups is 1. The van der Waals surface area contributed by atoms with Crippen molar-refractivity contribution in [2.45, 2.75) is 17.7 Å². The number of hydrogen-bond acceptors (Lipinski definition) is 3.